The van der Waals surface area contributed by atoms with Crippen molar-refractivity contribution in [3.63, 3.8) is 0 Å². The number of hydrogen-bond donors (Lipinski definition) is 1. The van der Waals surface area contributed by atoms with Crippen LogP contribution < -0.4 is 18.9 Å². The quantitative estimate of drug-likeness (QED) is 0.175. The number of carbonyl (C=O) groups excluding carboxylic acids is 3. The third-order valence-corrected chi connectivity index (χ3v) is 4.55. The standard InChI is InChI=1S/C27H24O9/c1-2-25(29)34-18-17-33-22-9-5-20(6-10-22)27(31)36-24-13-11-23(12-14-24)35-26(30)19-3-7-21(8-4-19)32-16-15-28/h2-14,28H,1,15-18H2. The molecule has 0 atom stereocenters. The van der Waals surface area contributed by atoms with Crippen LogP contribution >= 0.6 is 0 Å². The first-order valence-electron chi connectivity index (χ1n) is 10.9. The number of benzene rings is 3. The topological polar surface area (TPSA) is 118 Å². The molecule has 0 unspecified atom stereocenters. The maximum absolute atomic E-state index is 12.4. The van der Waals surface area contributed by atoms with Gasteiger partial charge in [0.25, 0.3) is 0 Å². The fourth-order valence-corrected chi connectivity index (χ4v) is 2.81. The Kier molecular flexibility index (Phi) is 9.60. The van der Waals surface area contributed by atoms with Crippen molar-refractivity contribution in [3.05, 3.63) is 96.6 Å². The van der Waals surface area contributed by atoms with Crippen molar-refractivity contribution in [2.75, 3.05) is 26.4 Å². The largest absolute Gasteiger partial charge is 0.491 e. The van der Waals surface area contributed by atoms with Gasteiger partial charge in [-0.2, -0.15) is 0 Å². The molecule has 3 aromatic carbocycles. The maximum Gasteiger partial charge on any atom is 0.343 e. The molecule has 0 spiro atoms. The van der Waals surface area contributed by atoms with Crippen LogP contribution in [-0.4, -0.2) is 49.4 Å². The van der Waals surface area contributed by atoms with Gasteiger partial charge in [-0.05, 0) is 72.8 Å². The van der Waals surface area contributed by atoms with Crippen LogP contribution in [-0.2, 0) is 9.53 Å². The molecule has 0 fully saturated rings. The second-order valence-electron chi connectivity index (χ2n) is 7.09. The van der Waals surface area contributed by atoms with Gasteiger partial charge < -0.3 is 28.8 Å². The molecule has 0 radical (unpaired) electrons. The third-order valence-electron chi connectivity index (χ3n) is 4.55. The van der Waals surface area contributed by atoms with Gasteiger partial charge in [0.15, 0.2) is 0 Å². The lowest BCUT2D eigenvalue weighted by Gasteiger charge is -2.09. The summed E-state index contributed by atoms with van der Waals surface area (Å²) in [6, 6.07) is 18.6. The first-order valence-corrected chi connectivity index (χ1v) is 10.9. The Balaban J connectivity index is 1.48. The molecule has 0 aliphatic carbocycles. The highest BCUT2D eigenvalue weighted by Gasteiger charge is 2.12. The Bertz CT molecular complexity index is 1170. The number of ether oxygens (including phenoxy) is 5. The summed E-state index contributed by atoms with van der Waals surface area (Å²) < 4.78 is 26.2. The van der Waals surface area contributed by atoms with Crippen LogP contribution in [0.1, 0.15) is 20.7 Å². The van der Waals surface area contributed by atoms with Gasteiger partial charge in [0.2, 0.25) is 0 Å². The van der Waals surface area contributed by atoms with Gasteiger partial charge in [0.05, 0.1) is 17.7 Å². The van der Waals surface area contributed by atoms with Crippen molar-refractivity contribution >= 4 is 17.9 Å². The van der Waals surface area contributed by atoms with Gasteiger partial charge in [-0.25, -0.2) is 14.4 Å². The minimum atomic E-state index is -0.574. The van der Waals surface area contributed by atoms with E-state index in [0.717, 1.165) is 6.08 Å². The van der Waals surface area contributed by atoms with Crippen LogP contribution in [0.3, 0.4) is 0 Å². The molecule has 0 aliphatic rings. The van der Waals surface area contributed by atoms with Crippen molar-refractivity contribution in [1.82, 2.24) is 0 Å². The summed E-state index contributed by atoms with van der Waals surface area (Å²) >= 11 is 0. The Morgan fingerprint density at radius 2 is 1.06 bits per heavy atom. The summed E-state index contributed by atoms with van der Waals surface area (Å²) in [6.45, 7) is 3.60. The first kappa shape index (κ1) is 26.0. The van der Waals surface area contributed by atoms with E-state index in [1.165, 1.54) is 24.3 Å². The monoisotopic (exact) mass is 492 g/mol. The van der Waals surface area contributed by atoms with Crippen molar-refractivity contribution in [3.8, 4) is 23.0 Å². The Hall–Kier alpha value is -4.63. The molecule has 0 amide bonds. The number of aliphatic hydroxyl groups is 1. The molecule has 0 heterocycles. The lowest BCUT2D eigenvalue weighted by Crippen LogP contribution is -2.11. The molecule has 9 heteroatoms. The van der Waals surface area contributed by atoms with Crippen LogP contribution in [0.15, 0.2) is 85.5 Å². The molecule has 3 rings (SSSR count). The van der Waals surface area contributed by atoms with E-state index in [0.29, 0.717) is 22.6 Å². The smallest absolute Gasteiger partial charge is 0.343 e. The Morgan fingerprint density at radius 1 is 0.639 bits per heavy atom. The summed E-state index contributed by atoms with van der Waals surface area (Å²) in [5.74, 6) is -0.0845. The molecule has 186 valence electrons. The second-order valence-corrected chi connectivity index (χ2v) is 7.09. The van der Waals surface area contributed by atoms with Crippen LogP contribution in [0.5, 0.6) is 23.0 Å². The molecule has 0 saturated heterocycles. The molecule has 3 aromatic rings. The van der Waals surface area contributed by atoms with Crippen LogP contribution in [0.25, 0.3) is 0 Å². The zero-order valence-electron chi connectivity index (χ0n) is 19.3. The number of aliphatic hydroxyl groups excluding tert-OH is 1. The first-order chi connectivity index (χ1) is 17.5. The van der Waals surface area contributed by atoms with Crippen molar-refractivity contribution < 1.29 is 43.2 Å². The Morgan fingerprint density at radius 3 is 1.47 bits per heavy atom. The maximum atomic E-state index is 12.4. The highest BCUT2D eigenvalue weighted by atomic mass is 16.6. The van der Waals surface area contributed by atoms with Gasteiger partial charge in [-0.3, -0.25) is 0 Å². The molecule has 0 aromatic heterocycles. The summed E-state index contributed by atoms with van der Waals surface area (Å²) in [5, 5.41) is 8.78. The van der Waals surface area contributed by atoms with Gasteiger partial charge >= 0.3 is 17.9 Å². The molecule has 1 N–H and O–H groups in total. The van der Waals surface area contributed by atoms with E-state index in [-0.39, 0.29) is 37.9 Å². The van der Waals surface area contributed by atoms with Gasteiger partial charge in [0, 0.05) is 6.08 Å². The zero-order valence-corrected chi connectivity index (χ0v) is 19.3. The summed E-state index contributed by atoms with van der Waals surface area (Å²) in [7, 11) is 0. The average Bonchev–Trinajstić information content (AvgIpc) is 2.91. The summed E-state index contributed by atoms with van der Waals surface area (Å²) in [5.41, 5.74) is 0.634. The molecule has 0 aliphatic heterocycles. The molecule has 0 saturated carbocycles. The number of hydrogen-bond acceptors (Lipinski definition) is 9. The lowest BCUT2D eigenvalue weighted by molar-refractivity contribution is -0.138. The van der Waals surface area contributed by atoms with Gasteiger partial charge in [0.1, 0.15) is 42.8 Å². The van der Waals surface area contributed by atoms with Crippen LogP contribution in [0.2, 0.25) is 0 Å². The van der Waals surface area contributed by atoms with Crippen LogP contribution in [0, 0.1) is 0 Å². The summed E-state index contributed by atoms with van der Waals surface area (Å²) in [4.78, 5) is 35.7. The predicted molar refractivity (Wildman–Crippen MR) is 128 cm³/mol. The normalized spacial score (nSPS) is 10.1. The highest BCUT2D eigenvalue weighted by Crippen LogP contribution is 2.21. The van der Waals surface area contributed by atoms with E-state index in [2.05, 4.69) is 6.58 Å². The van der Waals surface area contributed by atoms with Crippen molar-refractivity contribution in [2.24, 2.45) is 0 Å². The molecule has 36 heavy (non-hydrogen) atoms. The number of carbonyl (C=O) groups is 3. The molecule has 9 nitrogen and oxygen atoms in total. The average molecular weight is 492 g/mol. The van der Waals surface area contributed by atoms with E-state index in [4.69, 9.17) is 28.8 Å². The fraction of sp³-hybridized carbons (Fsp3) is 0.148. The van der Waals surface area contributed by atoms with Crippen molar-refractivity contribution in [2.45, 2.75) is 0 Å². The van der Waals surface area contributed by atoms with Gasteiger partial charge in [-0.1, -0.05) is 6.58 Å². The van der Waals surface area contributed by atoms with E-state index in [9.17, 15) is 14.4 Å². The molecular formula is C27H24O9. The molecule has 0 bridgehead atoms. The SMILES string of the molecule is C=CC(=O)OCCOc1ccc(C(=O)Oc2ccc(OC(=O)c3ccc(OCCO)cc3)cc2)cc1. The fourth-order valence-electron chi connectivity index (χ4n) is 2.81. The minimum absolute atomic E-state index is 0.0760. The third kappa shape index (κ3) is 8.00. The van der Waals surface area contributed by atoms with E-state index in [1.54, 1.807) is 48.5 Å². The molecular weight excluding hydrogens is 468 g/mol. The van der Waals surface area contributed by atoms with Crippen LogP contribution in [0.4, 0.5) is 0 Å². The number of rotatable bonds is 12. The van der Waals surface area contributed by atoms with E-state index in [1.807, 2.05) is 0 Å². The van der Waals surface area contributed by atoms with E-state index < -0.39 is 17.9 Å². The van der Waals surface area contributed by atoms with Crippen molar-refractivity contribution in [1.29, 1.82) is 0 Å². The van der Waals surface area contributed by atoms with Gasteiger partial charge in [-0.15, -0.1) is 0 Å². The zero-order chi connectivity index (χ0) is 25.8. The lowest BCUT2D eigenvalue weighted by atomic mass is 10.2. The van der Waals surface area contributed by atoms with E-state index >= 15 is 0 Å². The number of esters is 3. The minimum Gasteiger partial charge on any atom is -0.491 e. The highest BCUT2D eigenvalue weighted by molar-refractivity contribution is 5.92. The summed E-state index contributed by atoms with van der Waals surface area (Å²) in [6.07, 6.45) is 1.07. The second kappa shape index (κ2) is 13.3. The Labute approximate surface area is 207 Å². The predicted octanol–water partition coefficient (Wildman–Crippen LogP) is 3.60.